The second-order valence-corrected chi connectivity index (χ2v) is 5.01. The molecule has 0 aromatic heterocycles. The van der Waals surface area contributed by atoms with Crippen LogP contribution in [-0.2, 0) is 4.79 Å². The van der Waals surface area contributed by atoms with E-state index >= 15 is 0 Å². The fourth-order valence-corrected chi connectivity index (χ4v) is 2.25. The second kappa shape index (κ2) is 6.91. The van der Waals surface area contributed by atoms with Gasteiger partial charge in [-0.3, -0.25) is 9.59 Å². The third-order valence-electron chi connectivity index (χ3n) is 3.34. The zero-order chi connectivity index (χ0) is 15.2. The molecular formula is C16H19N3O2. The van der Waals surface area contributed by atoms with Crippen LogP contribution in [0, 0.1) is 18.8 Å². The molecule has 21 heavy (non-hydrogen) atoms. The van der Waals surface area contributed by atoms with Crippen LogP contribution in [0.5, 0.6) is 0 Å². The van der Waals surface area contributed by atoms with E-state index in [-0.39, 0.29) is 18.4 Å². The van der Waals surface area contributed by atoms with Gasteiger partial charge < -0.3 is 16.4 Å². The quantitative estimate of drug-likeness (QED) is 0.684. The van der Waals surface area contributed by atoms with Gasteiger partial charge in [-0.05, 0) is 31.9 Å². The van der Waals surface area contributed by atoms with Gasteiger partial charge in [-0.1, -0.05) is 23.5 Å². The number of benzene rings is 1. The number of aryl methyl sites for hydroxylation is 1. The minimum absolute atomic E-state index is 0.128. The van der Waals surface area contributed by atoms with Crippen LogP contribution in [-0.4, -0.2) is 30.9 Å². The molecule has 1 saturated heterocycles. The molecule has 1 unspecified atom stereocenters. The average molecular weight is 285 g/mol. The molecule has 5 nitrogen and oxygen atoms in total. The molecule has 0 aliphatic carbocycles. The largest absolute Gasteiger partial charge is 0.354 e. The molecule has 1 aliphatic rings. The molecule has 0 saturated carbocycles. The van der Waals surface area contributed by atoms with Gasteiger partial charge in [0, 0.05) is 12.1 Å². The summed E-state index contributed by atoms with van der Waals surface area (Å²) in [5, 5.41) is 5.53. The van der Waals surface area contributed by atoms with E-state index in [4.69, 9.17) is 5.73 Å². The Balaban J connectivity index is 2.21. The molecule has 0 radical (unpaired) electrons. The molecule has 2 rings (SSSR count). The van der Waals surface area contributed by atoms with Gasteiger partial charge in [-0.25, -0.2) is 0 Å². The number of carbonyl (C=O) groups excluding carboxylic acids is 2. The highest BCUT2D eigenvalue weighted by Gasteiger charge is 2.24. The average Bonchev–Trinajstić information content (AvgIpc) is 2.48. The molecule has 0 spiro atoms. The highest BCUT2D eigenvalue weighted by molar-refractivity contribution is 5.99. The summed E-state index contributed by atoms with van der Waals surface area (Å²) < 4.78 is 0. The first-order valence-corrected chi connectivity index (χ1v) is 7.00. The highest BCUT2D eigenvalue weighted by atomic mass is 16.2. The van der Waals surface area contributed by atoms with E-state index in [2.05, 4.69) is 22.5 Å². The van der Waals surface area contributed by atoms with E-state index in [1.165, 1.54) is 0 Å². The summed E-state index contributed by atoms with van der Waals surface area (Å²) in [7, 11) is 0. The normalized spacial score (nSPS) is 17.4. The molecule has 1 heterocycles. The lowest BCUT2D eigenvalue weighted by atomic mass is 10.0. The van der Waals surface area contributed by atoms with Crippen molar-refractivity contribution in [1.29, 1.82) is 0 Å². The Morgan fingerprint density at radius 1 is 1.52 bits per heavy atom. The predicted octanol–water partition coefficient (Wildman–Crippen LogP) is 0.314. The summed E-state index contributed by atoms with van der Waals surface area (Å²) >= 11 is 0. The van der Waals surface area contributed by atoms with Crippen LogP contribution in [0.3, 0.4) is 0 Å². The molecule has 1 atom stereocenters. The summed E-state index contributed by atoms with van der Waals surface area (Å²) in [6, 6.07) is 5.00. The third kappa shape index (κ3) is 3.83. The van der Waals surface area contributed by atoms with Crippen LogP contribution in [0.1, 0.15) is 34.3 Å². The molecule has 0 bridgehead atoms. The number of carbonyl (C=O) groups is 2. The van der Waals surface area contributed by atoms with E-state index in [1.54, 1.807) is 12.1 Å². The highest BCUT2D eigenvalue weighted by Crippen LogP contribution is 2.12. The van der Waals surface area contributed by atoms with Gasteiger partial charge in [0.15, 0.2) is 0 Å². The molecule has 5 heteroatoms. The van der Waals surface area contributed by atoms with Crippen molar-refractivity contribution < 1.29 is 9.59 Å². The first-order valence-electron chi connectivity index (χ1n) is 7.00. The van der Waals surface area contributed by atoms with Crippen LogP contribution in [0.15, 0.2) is 18.2 Å². The number of amides is 2. The maximum Gasteiger partial charge on any atom is 0.253 e. The topological polar surface area (TPSA) is 84.2 Å². The van der Waals surface area contributed by atoms with Crippen molar-refractivity contribution in [1.82, 2.24) is 10.6 Å². The minimum Gasteiger partial charge on any atom is -0.354 e. The van der Waals surface area contributed by atoms with Crippen molar-refractivity contribution in [2.75, 3.05) is 13.1 Å². The molecule has 4 N–H and O–H groups in total. The Morgan fingerprint density at radius 2 is 2.33 bits per heavy atom. The van der Waals surface area contributed by atoms with Crippen LogP contribution >= 0.6 is 0 Å². The zero-order valence-corrected chi connectivity index (χ0v) is 12.0. The van der Waals surface area contributed by atoms with Crippen molar-refractivity contribution in [3.8, 4) is 11.8 Å². The zero-order valence-electron chi connectivity index (χ0n) is 12.0. The van der Waals surface area contributed by atoms with Crippen molar-refractivity contribution in [3.05, 3.63) is 34.9 Å². The number of nitrogens with two attached hydrogens (primary N) is 1. The Kier molecular flexibility index (Phi) is 4.96. The summed E-state index contributed by atoms with van der Waals surface area (Å²) in [6.07, 6.45) is 1.53. The van der Waals surface area contributed by atoms with E-state index in [0.717, 1.165) is 12.0 Å². The lowest BCUT2D eigenvalue weighted by Gasteiger charge is -2.23. The van der Waals surface area contributed by atoms with Gasteiger partial charge in [0.1, 0.15) is 6.04 Å². The van der Waals surface area contributed by atoms with Gasteiger partial charge in [0.05, 0.1) is 12.1 Å². The van der Waals surface area contributed by atoms with Crippen LogP contribution in [0.2, 0.25) is 0 Å². The van der Waals surface area contributed by atoms with Gasteiger partial charge >= 0.3 is 0 Å². The number of piperidine rings is 1. The Hall–Kier alpha value is -2.32. The van der Waals surface area contributed by atoms with Crippen LogP contribution in [0.4, 0.5) is 0 Å². The summed E-state index contributed by atoms with van der Waals surface area (Å²) in [4.78, 5) is 24.1. The molecule has 1 fully saturated rings. The Bertz CT molecular complexity index is 614. The smallest absolute Gasteiger partial charge is 0.253 e. The number of rotatable bonds is 2. The molecule has 110 valence electrons. The van der Waals surface area contributed by atoms with Crippen molar-refractivity contribution >= 4 is 11.8 Å². The van der Waals surface area contributed by atoms with Crippen LogP contribution < -0.4 is 16.4 Å². The number of hydrogen-bond acceptors (Lipinski definition) is 3. The fourth-order valence-electron chi connectivity index (χ4n) is 2.25. The van der Waals surface area contributed by atoms with Crippen molar-refractivity contribution in [3.63, 3.8) is 0 Å². The Labute approximate surface area is 124 Å². The first kappa shape index (κ1) is 15.1. The first-order chi connectivity index (χ1) is 10.1. The summed E-state index contributed by atoms with van der Waals surface area (Å²) in [6.45, 7) is 2.81. The number of nitrogens with one attached hydrogen (secondary N) is 2. The standard InChI is InChI=1S/C16H19N3O2/c1-11-6-7-12(4-2-8-17)13(10-11)15(20)19-14-5-3-9-18-16(14)21/h6-7,10,14H,3,5,8-9,17H2,1H3,(H,18,21)(H,19,20). The molecular weight excluding hydrogens is 266 g/mol. The second-order valence-electron chi connectivity index (χ2n) is 5.01. The fraction of sp³-hybridized carbons (Fsp3) is 0.375. The summed E-state index contributed by atoms with van der Waals surface area (Å²) in [5.41, 5.74) is 7.44. The van der Waals surface area contributed by atoms with E-state index in [9.17, 15) is 9.59 Å². The SMILES string of the molecule is Cc1ccc(C#CCN)c(C(=O)NC2CCCNC2=O)c1. The van der Waals surface area contributed by atoms with Crippen molar-refractivity contribution in [2.45, 2.75) is 25.8 Å². The lowest BCUT2D eigenvalue weighted by molar-refractivity contribution is -0.124. The molecule has 2 amide bonds. The van der Waals surface area contributed by atoms with Gasteiger partial charge in [-0.2, -0.15) is 0 Å². The van der Waals surface area contributed by atoms with E-state index < -0.39 is 6.04 Å². The third-order valence-corrected chi connectivity index (χ3v) is 3.34. The monoisotopic (exact) mass is 285 g/mol. The predicted molar refractivity (Wildman–Crippen MR) is 80.6 cm³/mol. The van der Waals surface area contributed by atoms with Gasteiger partial charge in [0.25, 0.3) is 5.91 Å². The summed E-state index contributed by atoms with van der Waals surface area (Å²) in [5.74, 6) is 5.24. The van der Waals surface area contributed by atoms with Crippen LogP contribution in [0.25, 0.3) is 0 Å². The molecule has 1 aromatic carbocycles. The lowest BCUT2D eigenvalue weighted by Crippen LogP contribution is -2.50. The van der Waals surface area contributed by atoms with Gasteiger partial charge in [-0.15, -0.1) is 0 Å². The van der Waals surface area contributed by atoms with Gasteiger partial charge in [0.2, 0.25) is 5.91 Å². The maximum absolute atomic E-state index is 12.4. The maximum atomic E-state index is 12.4. The van der Waals surface area contributed by atoms with E-state index in [1.807, 2.05) is 13.0 Å². The molecule has 1 aromatic rings. The molecule has 1 aliphatic heterocycles. The van der Waals surface area contributed by atoms with E-state index in [0.29, 0.717) is 24.1 Å². The number of hydrogen-bond donors (Lipinski definition) is 3. The Morgan fingerprint density at radius 3 is 3.05 bits per heavy atom. The minimum atomic E-state index is -0.470. The van der Waals surface area contributed by atoms with Crippen molar-refractivity contribution in [2.24, 2.45) is 5.73 Å².